The van der Waals surface area contributed by atoms with Gasteiger partial charge in [0.15, 0.2) is 0 Å². The van der Waals surface area contributed by atoms with Gasteiger partial charge in [0.2, 0.25) is 0 Å². The van der Waals surface area contributed by atoms with Gasteiger partial charge in [0, 0.05) is 10.7 Å². The highest BCUT2D eigenvalue weighted by molar-refractivity contribution is 6.44. The number of aromatic hydroxyl groups is 2. The Bertz CT molecular complexity index is 686. The van der Waals surface area contributed by atoms with Crippen LogP contribution in [0.5, 0.6) is 11.5 Å². The molecule has 2 aromatic rings. The summed E-state index contributed by atoms with van der Waals surface area (Å²) in [5.74, 6) is -2.04. The first-order chi connectivity index (χ1) is 9.95. The van der Waals surface area contributed by atoms with E-state index in [0.717, 1.165) is 0 Å². The minimum Gasteiger partial charge on any atom is -0.508 e. The van der Waals surface area contributed by atoms with Crippen LogP contribution in [0.15, 0.2) is 42.5 Å². The number of anilines is 2. The smallest absolute Gasteiger partial charge is 0.314 e. The van der Waals surface area contributed by atoms with Crippen LogP contribution < -0.4 is 10.6 Å². The van der Waals surface area contributed by atoms with E-state index in [1.807, 2.05) is 0 Å². The lowest BCUT2D eigenvalue weighted by atomic mass is 10.3. The van der Waals surface area contributed by atoms with Gasteiger partial charge >= 0.3 is 11.8 Å². The molecule has 6 nitrogen and oxygen atoms in total. The third-order valence-electron chi connectivity index (χ3n) is 2.54. The highest BCUT2D eigenvalue weighted by Gasteiger charge is 2.15. The molecular weight excluding hydrogens is 296 g/mol. The van der Waals surface area contributed by atoms with Crippen LogP contribution >= 0.6 is 11.6 Å². The number of carbonyl (C=O) groups is 2. The Morgan fingerprint density at radius 1 is 0.905 bits per heavy atom. The van der Waals surface area contributed by atoms with E-state index in [1.165, 1.54) is 42.5 Å². The molecule has 0 atom stereocenters. The second-order valence-corrected chi connectivity index (χ2v) is 4.55. The molecular formula is C14H11ClN2O4. The number of halogens is 1. The standard InChI is InChI=1S/C14H11ClN2O4/c15-8-1-6-12(19)11(7-8)17-14(21)13(20)16-9-2-4-10(18)5-3-9/h1-7,18-19H,(H,16,20)(H,17,21). The zero-order valence-corrected chi connectivity index (χ0v) is 11.4. The summed E-state index contributed by atoms with van der Waals surface area (Å²) in [4.78, 5) is 23.4. The zero-order chi connectivity index (χ0) is 15.4. The van der Waals surface area contributed by atoms with Crippen LogP contribution in [0.2, 0.25) is 5.02 Å². The first-order valence-corrected chi connectivity index (χ1v) is 6.23. The maximum atomic E-state index is 11.7. The molecule has 0 fully saturated rings. The average molecular weight is 307 g/mol. The predicted molar refractivity (Wildman–Crippen MR) is 78.5 cm³/mol. The van der Waals surface area contributed by atoms with Crippen LogP contribution in [-0.4, -0.2) is 22.0 Å². The maximum Gasteiger partial charge on any atom is 0.314 e. The number of hydrogen-bond acceptors (Lipinski definition) is 4. The third-order valence-corrected chi connectivity index (χ3v) is 2.77. The van der Waals surface area contributed by atoms with Crippen LogP contribution in [0, 0.1) is 0 Å². The van der Waals surface area contributed by atoms with Crippen LogP contribution in [0.3, 0.4) is 0 Å². The molecule has 0 radical (unpaired) electrons. The molecule has 0 aliphatic carbocycles. The van der Waals surface area contributed by atoms with Crippen molar-refractivity contribution in [2.75, 3.05) is 10.6 Å². The van der Waals surface area contributed by atoms with Gasteiger partial charge in [-0.15, -0.1) is 0 Å². The van der Waals surface area contributed by atoms with E-state index < -0.39 is 11.8 Å². The maximum absolute atomic E-state index is 11.7. The van der Waals surface area contributed by atoms with Gasteiger partial charge < -0.3 is 20.8 Å². The largest absolute Gasteiger partial charge is 0.508 e. The lowest BCUT2D eigenvalue weighted by molar-refractivity contribution is -0.133. The van der Waals surface area contributed by atoms with Gasteiger partial charge in [-0.3, -0.25) is 9.59 Å². The molecule has 0 saturated carbocycles. The summed E-state index contributed by atoms with van der Waals surface area (Å²) >= 11 is 5.74. The minimum atomic E-state index is -0.958. The van der Waals surface area contributed by atoms with Crippen molar-refractivity contribution < 1.29 is 19.8 Å². The summed E-state index contributed by atoms with van der Waals surface area (Å²) in [7, 11) is 0. The topological polar surface area (TPSA) is 98.7 Å². The van der Waals surface area contributed by atoms with Crippen molar-refractivity contribution in [1.82, 2.24) is 0 Å². The molecule has 21 heavy (non-hydrogen) atoms. The minimum absolute atomic E-state index is 0.0355. The van der Waals surface area contributed by atoms with E-state index in [4.69, 9.17) is 16.7 Å². The Hall–Kier alpha value is -2.73. The number of benzene rings is 2. The van der Waals surface area contributed by atoms with Crippen LogP contribution in [0.4, 0.5) is 11.4 Å². The molecule has 2 aromatic carbocycles. The highest BCUT2D eigenvalue weighted by Crippen LogP contribution is 2.26. The summed E-state index contributed by atoms with van der Waals surface area (Å²) in [5, 5.41) is 23.6. The molecule has 108 valence electrons. The molecule has 2 rings (SSSR count). The monoisotopic (exact) mass is 306 g/mol. The van der Waals surface area contributed by atoms with Crippen molar-refractivity contribution in [2.45, 2.75) is 0 Å². The molecule has 0 saturated heterocycles. The molecule has 0 aliphatic rings. The lowest BCUT2D eigenvalue weighted by Crippen LogP contribution is -2.29. The van der Waals surface area contributed by atoms with Crippen LogP contribution in [0.25, 0.3) is 0 Å². The number of carbonyl (C=O) groups excluding carboxylic acids is 2. The van der Waals surface area contributed by atoms with Gasteiger partial charge in [-0.1, -0.05) is 11.6 Å². The van der Waals surface area contributed by atoms with Gasteiger partial charge in [0.25, 0.3) is 0 Å². The van der Waals surface area contributed by atoms with E-state index in [0.29, 0.717) is 10.7 Å². The van der Waals surface area contributed by atoms with Crippen LogP contribution in [0.1, 0.15) is 0 Å². The fourth-order valence-corrected chi connectivity index (χ4v) is 1.69. The van der Waals surface area contributed by atoms with Crippen molar-refractivity contribution in [1.29, 1.82) is 0 Å². The summed E-state index contributed by atoms with van der Waals surface area (Å²) in [6.45, 7) is 0. The molecule has 0 aromatic heterocycles. The Labute approximate surface area is 125 Å². The zero-order valence-electron chi connectivity index (χ0n) is 10.6. The van der Waals surface area contributed by atoms with E-state index in [2.05, 4.69) is 10.6 Å². The lowest BCUT2D eigenvalue weighted by Gasteiger charge is -2.08. The fourth-order valence-electron chi connectivity index (χ4n) is 1.52. The normalized spacial score (nSPS) is 9.95. The van der Waals surface area contributed by atoms with Gasteiger partial charge in [-0.05, 0) is 42.5 Å². The van der Waals surface area contributed by atoms with Gasteiger partial charge in [0.1, 0.15) is 11.5 Å². The van der Waals surface area contributed by atoms with E-state index >= 15 is 0 Å². The fraction of sp³-hybridized carbons (Fsp3) is 0. The third kappa shape index (κ3) is 3.87. The summed E-state index contributed by atoms with van der Waals surface area (Å²) in [6.07, 6.45) is 0. The Balaban J connectivity index is 2.04. The number of rotatable bonds is 2. The summed E-state index contributed by atoms with van der Waals surface area (Å²) in [6, 6.07) is 9.70. The second-order valence-electron chi connectivity index (χ2n) is 4.12. The number of hydrogen-bond donors (Lipinski definition) is 4. The molecule has 0 aliphatic heterocycles. The van der Waals surface area contributed by atoms with Crippen molar-refractivity contribution in [3.8, 4) is 11.5 Å². The van der Waals surface area contributed by atoms with Gasteiger partial charge in [0.05, 0.1) is 5.69 Å². The second kappa shape index (κ2) is 6.15. The van der Waals surface area contributed by atoms with Crippen molar-refractivity contribution in [3.05, 3.63) is 47.5 Å². The molecule has 0 unspecified atom stereocenters. The molecule has 0 spiro atoms. The van der Waals surface area contributed by atoms with Crippen molar-refractivity contribution in [2.24, 2.45) is 0 Å². The van der Waals surface area contributed by atoms with Crippen LogP contribution in [-0.2, 0) is 9.59 Å². The van der Waals surface area contributed by atoms with Crippen molar-refractivity contribution >= 4 is 34.8 Å². The molecule has 0 heterocycles. The first-order valence-electron chi connectivity index (χ1n) is 5.85. The van der Waals surface area contributed by atoms with E-state index in [1.54, 1.807) is 0 Å². The van der Waals surface area contributed by atoms with E-state index in [-0.39, 0.29) is 17.2 Å². The number of amides is 2. The van der Waals surface area contributed by atoms with Gasteiger partial charge in [-0.25, -0.2) is 0 Å². The molecule has 0 bridgehead atoms. The summed E-state index contributed by atoms with van der Waals surface area (Å²) in [5.41, 5.74) is 0.386. The highest BCUT2D eigenvalue weighted by atomic mass is 35.5. The number of phenols is 2. The van der Waals surface area contributed by atoms with E-state index in [9.17, 15) is 14.7 Å². The Kier molecular flexibility index (Phi) is 4.30. The van der Waals surface area contributed by atoms with Crippen molar-refractivity contribution in [3.63, 3.8) is 0 Å². The number of phenolic OH excluding ortho intramolecular Hbond substituents is 2. The average Bonchev–Trinajstić information content (AvgIpc) is 2.45. The molecule has 7 heteroatoms. The Morgan fingerprint density at radius 3 is 2.19 bits per heavy atom. The number of nitrogens with one attached hydrogen (secondary N) is 2. The molecule has 4 N–H and O–H groups in total. The first kappa shape index (κ1) is 14.7. The molecule has 2 amide bonds. The predicted octanol–water partition coefficient (Wildman–Crippen LogP) is 2.33. The SMILES string of the molecule is O=C(Nc1ccc(O)cc1)C(=O)Nc1cc(Cl)ccc1O. The summed E-state index contributed by atoms with van der Waals surface area (Å²) < 4.78 is 0. The van der Waals surface area contributed by atoms with Gasteiger partial charge in [-0.2, -0.15) is 0 Å². The Morgan fingerprint density at radius 2 is 1.52 bits per heavy atom. The quantitative estimate of drug-likeness (QED) is 0.389.